The number of carbonyl (C=O) groups excluding carboxylic acids is 1. The topological polar surface area (TPSA) is 141 Å². The van der Waals surface area contributed by atoms with Crippen LogP contribution in [0.3, 0.4) is 0 Å². The van der Waals surface area contributed by atoms with Crippen molar-refractivity contribution in [3.63, 3.8) is 0 Å². The molecule has 2 aromatic carbocycles. The van der Waals surface area contributed by atoms with Crippen molar-refractivity contribution in [1.82, 2.24) is 9.97 Å². The largest absolute Gasteiger partial charge is 0.382 e. The number of amides is 1. The summed E-state index contributed by atoms with van der Waals surface area (Å²) in [6, 6.07) is 13.9. The number of nitrogens with two attached hydrogens (primary N) is 2. The Hall–Kier alpha value is -3.30. The predicted octanol–water partition coefficient (Wildman–Crippen LogP) is 2.08. The lowest BCUT2D eigenvalue weighted by Gasteiger charge is -2.09. The number of sulfonamides is 1. The number of nitrogens with one attached hydrogen (secondary N) is 1. The first-order valence-electron chi connectivity index (χ1n) is 8.31. The fraction of sp³-hybridized carbons (Fsp3) is 0.105. The van der Waals surface area contributed by atoms with Gasteiger partial charge in [0.15, 0.2) is 11.5 Å². The van der Waals surface area contributed by atoms with Crippen molar-refractivity contribution in [3.05, 3.63) is 71.5 Å². The van der Waals surface area contributed by atoms with Crippen LogP contribution in [0.4, 0.5) is 11.5 Å². The maximum Gasteiger partial charge on any atom is 0.278 e. The SMILES string of the molecule is Cc1ccc(-c2cnc(N)c(C(=O)Nc3ccc(CS(N)(=O)=O)cc3)n2)cc1. The predicted molar refractivity (Wildman–Crippen MR) is 108 cm³/mol. The number of aromatic nitrogens is 2. The van der Waals surface area contributed by atoms with Crippen molar-refractivity contribution < 1.29 is 13.2 Å². The number of carbonyl (C=O) groups is 1. The zero-order valence-corrected chi connectivity index (χ0v) is 15.9. The first-order chi connectivity index (χ1) is 13.2. The molecule has 0 radical (unpaired) electrons. The summed E-state index contributed by atoms with van der Waals surface area (Å²) in [5.41, 5.74) is 9.27. The molecule has 0 saturated carbocycles. The first kappa shape index (κ1) is 19.5. The van der Waals surface area contributed by atoms with Crippen molar-refractivity contribution in [2.75, 3.05) is 11.1 Å². The third kappa shape index (κ3) is 4.90. The molecule has 0 unspecified atom stereocenters. The average Bonchev–Trinajstić information content (AvgIpc) is 2.63. The van der Waals surface area contributed by atoms with E-state index in [-0.39, 0.29) is 17.3 Å². The zero-order chi connectivity index (χ0) is 20.3. The van der Waals surface area contributed by atoms with Gasteiger partial charge in [-0.25, -0.2) is 23.5 Å². The summed E-state index contributed by atoms with van der Waals surface area (Å²) in [5.74, 6) is -0.782. The second-order valence-corrected chi connectivity index (χ2v) is 7.93. The fourth-order valence-electron chi connectivity index (χ4n) is 2.54. The van der Waals surface area contributed by atoms with Gasteiger partial charge in [0.25, 0.3) is 5.91 Å². The Balaban J connectivity index is 1.80. The van der Waals surface area contributed by atoms with Crippen molar-refractivity contribution in [2.45, 2.75) is 12.7 Å². The summed E-state index contributed by atoms with van der Waals surface area (Å²) in [7, 11) is -3.62. The van der Waals surface area contributed by atoms with Crippen LogP contribution < -0.4 is 16.2 Å². The molecule has 144 valence electrons. The summed E-state index contributed by atoms with van der Waals surface area (Å²) in [5, 5.41) is 7.70. The molecule has 0 fully saturated rings. The van der Waals surface area contributed by atoms with Crippen LogP contribution >= 0.6 is 0 Å². The molecule has 8 nitrogen and oxygen atoms in total. The van der Waals surface area contributed by atoms with Gasteiger partial charge in [0.1, 0.15) is 0 Å². The van der Waals surface area contributed by atoms with E-state index in [1.165, 1.54) is 6.20 Å². The number of anilines is 2. The van der Waals surface area contributed by atoms with Crippen molar-refractivity contribution >= 4 is 27.4 Å². The molecule has 28 heavy (non-hydrogen) atoms. The van der Waals surface area contributed by atoms with Crippen LogP contribution in [0.15, 0.2) is 54.7 Å². The van der Waals surface area contributed by atoms with Gasteiger partial charge in [0.05, 0.1) is 17.6 Å². The van der Waals surface area contributed by atoms with Gasteiger partial charge < -0.3 is 11.1 Å². The molecule has 0 aliphatic rings. The van der Waals surface area contributed by atoms with E-state index in [1.54, 1.807) is 24.3 Å². The number of nitrogen functional groups attached to an aromatic ring is 1. The number of primary sulfonamides is 1. The molecule has 1 aromatic heterocycles. The summed E-state index contributed by atoms with van der Waals surface area (Å²) in [6.07, 6.45) is 1.51. The van der Waals surface area contributed by atoms with E-state index in [0.29, 0.717) is 16.9 Å². The van der Waals surface area contributed by atoms with Crippen LogP contribution in [0, 0.1) is 6.92 Å². The Morgan fingerprint density at radius 1 is 1.07 bits per heavy atom. The van der Waals surface area contributed by atoms with Gasteiger partial charge in [-0.15, -0.1) is 0 Å². The quantitative estimate of drug-likeness (QED) is 0.602. The minimum absolute atomic E-state index is 0.00619. The smallest absolute Gasteiger partial charge is 0.278 e. The van der Waals surface area contributed by atoms with Gasteiger partial charge in [0.2, 0.25) is 10.0 Å². The minimum atomic E-state index is -3.62. The van der Waals surface area contributed by atoms with Gasteiger partial charge in [-0.05, 0) is 24.6 Å². The molecule has 0 spiro atoms. The Kier molecular flexibility index (Phi) is 5.39. The van der Waals surface area contributed by atoms with E-state index < -0.39 is 15.9 Å². The van der Waals surface area contributed by atoms with E-state index in [0.717, 1.165) is 11.1 Å². The lowest BCUT2D eigenvalue weighted by atomic mass is 10.1. The second kappa shape index (κ2) is 7.75. The summed E-state index contributed by atoms with van der Waals surface area (Å²) in [4.78, 5) is 21.0. The molecular weight excluding hydrogens is 378 g/mol. The lowest BCUT2D eigenvalue weighted by Crippen LogP contribution is -2.17. The highest BCUT2D eigenvalue weighted by Crippen LogP contribution is 2.20. The standard InChI is InChI=1S/C19H19N5O3S/c1-12-2-6-14(7-3-12)16-10-22-18(20)17(24-16)19(25)23-15-8-4-13(5-9-15)11-28(21,26)27/h2-10H,11H2,1H3,(H2,20,22)(H,23,25)(H2,21,26,27). The lowest BCUT2D eigenvalue weighted by molar-refractivity contribution is 0.102. The number of hydrogen-bond donors (Lipinski definition) is 3. The molecular formula is C19H19N5O3S. The molecule has 0 aliphatic carbocycles. The average molecular weight is 397 g/mol. The molecule has 9 heteroatoms. The van der Waals surface area contributed by atoms with E-state index in [4.69, 9.17) is 10.9 Å². The number of rotatable bonds is 5. The number of hydrogen-bond acceptors (Lipinski definition) is 6. The summed E-state index contributed by atoms with van der Waals surface area (Å²) < 4.78 is 22.3. The van der Waals surface area contributed by atoms with Gasteiger partial charge in [-0.2, -0.15) is 0 Å². The number of benzene rings is 2. The monoisotopic (exact) mass is 397 g/mol. The van der Waals surface area contributed by atoms with Gasteiger partial charge in [0, 0.05) is 11.3 Å². The molecule has 3 aromatic rings. The zero-order valence-electron chi connectivity index (χ0n) is 15.1. The molecule has 3 rings (SSSR count). The highest BCUT2D eigenvalue weighted by molar-refractivity contribution is 7.88. The van der Waals surface area contributed by atoms with E-state index in [9.17, 15) is 13.2 Å². The third-order valence-electron chi connectivity index (χ3n) is 3.94. The summed E-state index contributed by atoms with van der Waals surface area (Å²) in [6.45, 7) is 1.98. The van der Waals surface area contributed by atoms with Crippen molar-refractivity contribution in [1.29, 1.82) is 0 Å². The normalized spacial score (nSPS) is 11.2. The Bertz CT molecular complexity index is 1110. The van der Waals surface area contributed by atoms with Crippen LogP contribution in [0.5, 0.6) is 0 Å². The van der Waals surface area contributed by atoms with E-state index in [2.05, 4.69) is 15.3 Å². The van der Waals surface area contributed by atoms with Crippen molar-refractivity contribution in [2.24, 2.45) is 5.14 Å². The molecule has 1 amide bonds. The molecule has 0 saturated heterocycles. The number of aryl methyl sites for hydroxylation is 1. The van der Waals surface area contributed by atoms with E-state index >= 15 is 0 Å². The third-order valence-corrected chi connectivity index (χ3v) is 4.68. The maximum atomic E-state index is 12.6. The van der Waals surface area contributed by atoms with Gasteiger partial charge >= 0.3 is 0 Å². The molecule has 0 bridgehead atoms. The number of nitrogens with zero attached hydrogens (tertiary/aromatic N) is 2. The van der Waals surface area contributed by atoms with Crippen LogP contribution in [-0.4, -0.2) is 24.3 Å². The summed E-state index contributed by atoms with van der Waals surface area (Å²) >= 11 is 0. The van der Waals surface area contributed by atoms with Gasteiger partial charge in [-0.3, -0.25) is 4.79 Å². The second-order valence-electron chi connectivity index (χ2n) is 6.31. The highest BCUT2D eigenvalue weighted by atomic mass is 32.2. The van der Waals surface area contributed by atoms with Gasteiger partial charge in [-0.1, -0.05) is 42.0 Å². The van der Waals surface area contributed by atoms with Crippen LogP contribution in [0.1, 0.15) is 21.6 Å². The van der Waals surface area contributed by atoms with Crippen molar-refractivity contribution in [3.8, 4) is 11.3 Å². The van der Waals surface area contributed by atoms with Crippen LogP contribution in [-0.2, 0) is 15.8 Å². The Labute approximate surface area is 162 Å². The molecule has 0 atom stereocenters. The Morgan fingerprint density at radius 2 is 1.71 bits per heavy atom. The Morgan fingerprint density at radius 3 is 2.32 bits per heavy atom. The highest BCUT2D eigenvalue weighted by Gasteiger charge is 2.15. The first-order valence-corrected chi connectivity index (χ1v) is 10.0. The minimum Gasteiger partial charge on any atom is -0.382 e. The van der Waals surface area contributed by atoms with E-state index in [1.807, 2.05) is 31.2 Å². The molecule has 0 aliphatic heterocycles. The maximum absolute atomic E-state index is 12.6. The fourth-order valence-corrected chi connectivity index (χ4v) is 3.19. The van der Waals surface area contributed by atoms with Crippen LogP contribution in [0.2, 0.25) is 0 Å². The molecule has 1 heterocycles. The van der Waals surface area contributed by atoms with Crippen LogP contribution in [0.25, 0.3) is 11.3 Å². The molecule has 5 N–H and O–H groups in total.